The highest BCUT2D eigenvalue weighted by atomic mass is 16.3. The summed E-state index contributed by atoms with van der Waals surface area (Å²) < 4.78 is 13.1. The molecule has 0 atom stereocenters. The van der Waals surface area contributed by atoms with E-state index in [1.54, 1.807) is 0 Å². The van der Waals surface area contributed by atoms with Gasteiger partial charge in [-0.05, 0) is 138 Å². The van der Waals surface area contributed by atoms with Crippen LogP contribution in [-0.4, -0.2) is 0 Å². The van der Waals surface area contributed by atoms with Crippen molar-refractivity contribution in [2.24, 2.45) is 0 Å². The fraction of sp³-hybridized carbons (Fsp3) is 0. The summed E-state index contributed by atoms with van der Waals surface area (Å²) >= 11 is 0. The van der Waals surface area contributed by atoms with Crippen LogP contribution >= 0.6 is 0 Å². The third-order valence-electron chi connectivity index (χ3n) is 11.4. The van der Waals surface area contributed by atoms with E-state index >= 15 is 0 Å². The highest BCUT2D eigenvalue weighted by Gasteiger charge is 2.15. The van der Waals surface area contributed by atoms with Crippen molar-refractivity contribution in [1.82, 2.24) is 0 Å². The van der Waals surface area contributed by atoms with Gasteiger partial charge in [0, 0.05) is 32.3 Å². The Kier molecular flexibility index (Phi) is 6.09. The Bertz CT molecular complexity index is 3270. The van der Waals surface area contributed by atoms with Gasteiger partial charge in [-0.3, -0.25) is 0 Å². The molecule has 0 aliphatic heterocycles. The number of furan rings is 2. The smallest absolute Gasteiger partial charge is 0.143 e. The molecule has 0 aliphatic carbocycles. The molecule has 0 aliphatic rings. The topological polar surface area (TPSA) is 26.3 Å². The average molecular weight is 687 g/mol. The van der Waals surface area contributed by atoms with E-state index < -0.39 is 0 Å². The first-order valence-corrected chi connectivity index (χ1v) is 18.5. The predicted octanol–water partition coefficient (Wildman–Crippen LogP) is 15.1. The van der Waals surface area contributed by atoms with Gasteiger partial charge in [0.05, 0.1) is 0 Å². The lowest BCUT2D eigenvalue weighted by atomic mass is 9.97. The minimum Gasteiger partial charge on any atom is -0.455 e. The van der Waals surface area contributed by atoms with Crippen molar-refractivity contribution >= 4 is 87.0 Å². The van der Waals surface area contributed by atoms with Crippen LogP contribution in [0.25, 0.3) is 120 Å². The number of benzene rings is 10. The molecule has 0 amide bonds. The van der Waals surface area contributed by atoms with Crippen molar-refractivity contribution < 1.29 is 8.83 Å². The standard InChI is InChI=1S/C52H30O2/c1-3-7-33-25-35(11-9-31(33)5-1)37-13-19-43-41(27-37)15-21-45-47-29-39(17-23-49(47)53-51(43)45)40-18-24-50-48(30-40)46-22-16-42-28-38(14-20-44(42)52(46)54-50)36-12-10-32-6-2-4-8-34(32)26-36/h1-30H. The third-order valence-corrected chi connectivity index (χ3v) is 11.4. The quantitative estimate of drug-likeness (QED) is 0.185. The molecule has 0 radical (unpaired) electrons. The maximum absolute atomic E-state index is 6.56. The van der Waals surface area contributed by atoms with Gasteiger partial charge in [-0.1, -0.05) is 109 Å². The molecule has 0 N–H and O–H groups in total. The van der Waals surface area contributed by atoms with Crippen LogP contribution in [0.5, 0.6) is 0 Å². The normalized spacial score (nSPS) is 12.1. The van der Waals surface area contributed by atoms with Gasteiger partial charge in [-0.15, -0.1) is 0 Å². The molecule has 2 heteroatoms. The van der Waals surface area contributed by atoms with E-state index in [2.05, 4.69) is 182 Å². The van der Waals surface area contributed by atoms with Crippen LogP contribution in [0, 0.1) is 0 Å². The minimum absolute atomic E-state index is 0.893. The van der Waals surface area contributed by atoms with Crippen LogP contribution in [0.3, 0.4) is 0 Å². The number of hydrogen-bond acceptors (Lipinski definition) is 2. The summed E-state index contributed by atoms with van der Waals surface area (Å²) in [7, 11) is 0. The Labute approximate surface area is 310 Å². The van der Waals surface area contributed by atoms with Gasteiger partial charge in [0.1, 0.15) is 22.3 Å². The summed E-state index contributed by atoms with van der Waals surface area (Å²) in [6.07, 6.45) is 0. The van der Waals surface area contributed by atoms with Crippen molar-refractivity contribution in [3.05, 3.63) is 182 Å². The molecular formula is C52H30O2. The van der Waals surface area contributed by atoms with Crippen molar-refractivity contribution in [2.75, 3.05) is 0 Å². The molecule has 10 aromatic carbocycles. The van der Waals surface area contributed by atoms with Crippen LogP contribution in [0.15, 0.2) is 191 Å². The Hall–Kier alpha value is -7.16. The van der Waals surface area contributed by atoms with E-state index in [1.807, 2.05) is 0 Å². The van der Waals surface area contributed by atoms with Gasteiger partial charge >= 0.3 is 0 Å². The first-order chi connectivity index (χ1) is 26.7. The van der Waals surface area contributed by atoms with Gasteiger partial charge in [0.15, 0.2) is 0 Å². The molecule has 2 nitrogen and oxygen atoms in total. The summed E-state index contributed by atoms with van der Waals surface area (Å²) in [5.41, 5.74) is 10.8. The number of hydrogen-bond donors (Lipinski definition) is 0. The first kappa shape index (κ1) is 29.4. The molecule has 0 bridgehead atoms. The lowest BCUT2D eigenvalue weighted by molar-refractivity contribution is 0.672. The van der Waals surface area contributed by atoms with E-state index in [-0.39, 0.29) is 0 Å². The lowest BCUT2D eigenvalue weighted by Gasteiger charge is -2.07. The second-order valence-electron chi connectivity index (χ2n) is 14.5. The zero-order valence-corrected chi connectivity index (χ0v) is 29.1. The average Bonchev–Trinajstić information content (AvgIpc) is 3.81. The number of fused-ring (bicyclic) bond motifs is 12. The molecule has 2 aromatic heterocycles. The van der Waals surface area contributed by atoms with Crippen LogP contribution < -0.4 is 0 Å². The van der Waals surface area contributed by atoms with E-state index in [0.29, 0.717) is 0 Å². The zero-order valence-electron chi connectivity index (χ0n) is 29.1. The van der Waals surface area contributed by atoms with Gasteiger partial charge in [-0.2, -0.15) is 0 Å². The van der Waals surface area contributed by atoms with Crippen LogP contribution in [0.2, 0.25) is 0 Å². The van der Waals surface area contributed by atoms with E-state index in [1.165, 1.54) is 54.6 Å². The summed E-state index contributed by atoms with van der Waals surface area (Å²) in [6, 6.07) is 65.7. The Balaban J connectivity index is 0.917. The van der Waals surface area contributed by atoms with Gasteiger partial charge in [0.25, 0.3) is 0 Å². The van der Waals surface area contributed by atoms with E-state index in [0.717, 1.165) is 65.8 Å². The van der Waals surface area contributed by atoms with Crippen LogP contribution in [-0.2, 0) is 0 Å². The maximum atomic E-state index is 6.56. The molecule has 0 unspecified atom stereocenters. The zero-order chi connectivity index (χ0) is 35.3. The monoisotopic (exact) mass is 686 g/mol. The molecule has 0 saturated carbocycles. The summed E-state index contributed by atoms with van der Waals surface area (Å²) in [4.78, 5) is 0. The number of rotatable bonds is 3. The van der Waals surface area contributed by atoms with Crippen LogP contribution in [0.1, 0.15) is 0 Å². The Morgan fingerprint density at radius 2 is 0.556 bits per heavy atom. The van der Waals surface area contributed by atoms with Gasteiger partial charge < -0.3 is 8.83 Å². The van der Waals surface area contributed by atoms with E-state index in [4.69, 9.17) is 8.83 Å². The van der Waals surface area contributed by atoms with Crippen molar-refractivity contribution in [3.8, 4) is 33.4 Å². The first-order valence-electron chi connectivity index (χ1n) is 18.5. The molecule has 54 heavy (non-hydrogen) atoms. The summed E-state index contributed by atoms with van der Waals surface area (Å²) in [5, 5.41) is 14.1. The molecule has 0 spiro atoms. The molecule has 2 heterocycles. The molecule has 0 fully saturated rings. The minimum atomic E-state index is 0.893. The molecule has 0 saturated heterocycles. The lowest BCUT2D eigenvalue weighted by Crippen LogP contribution is -1.81. The third kappa shape index (κ3) is 4.47. The van der Waals surface area contributed by atoms with Gasteiger partial charge in [-0.25, -0.2) is 0 Å². The van der Waals surface area contributed by atoms with E-state index in [9.17, 15) is 0 Å². The van der Waals surface area contributed by atoms with Crippen molar-refractivity contribution in [1.29, 1.82) is 0 Å². The predicted molar refractivity (Wildman–Crippen MR) is 227 cm³/mol. The van der Waals surface area contributed by atoms with Gasteiger partial charge in [0.2, 0.25) is 0 Å². The molecule has 250 valence electrons. The van der Waals surface area contributed by atoms with Crippen LogP contribution in [0.4, 0.5) is 0 Å². The Morgan fingerprint density at radius 1 is 0.222 bits per heavy atom. The fourth-order valence-corrected chi connectivity index (χ4v) is 8.58. The highest BCUT2D eigenvalue weighted by molar-refractivity contribution is 6.18. The second kappa shape index (κ2) is 11.2. The van der Waals surface area contributed by atoms with Crippen molar-refractivity contribution in [2.45, 2.75) is 0 Å². The van der Waals surface area contributed by atoms with Crippen molar-refractivity contribution in [3.63, 3.8) is 0 Å². The Morgan fingerprint density at radius 3 is 1.02 bits per heavy atom. The molecule has 12 rings (SSSR count). The SMILES string of the molecule is c1ccc2cc(-c3ccc4c(ccc5c6cc(-c7ccc8oc9c%10ccc(-c%11ccc%12ccccc%12c%11)cc%10ccc9c8c7)ccc6oc45)c3)ccc2c1. The maximum Gasteiger partial charge on any atom is 0.143 e. The summed E-state index contributed by atoms with van der Waals surface area (Å²) in [6.45, 7) is 0. The fourth-order valence-electron chi connectivity index (χ4n) is 8.58. The molecular weight excluding hydrogens is 657 g/mol. The summed E-state index contributed by atoms with van der Waals surface area (Å²) in [5.74, 6) is 0. The second-order valence-corrected chi connectivity index (χ2v) is 14.5. The molecule has 12 aromatic rings. The highest BCUT2D eigenvalue weighted by Crippen LogP contribution is 2.41. The largest absolute Gasteiger partial charge is 0.455 e.